The van der Waals surface area contributed by atoms with Crippen molar-refractivity contribution in [3.63, 3.8) is 0 Å². The number of benzene rings is 2. The molecule has 0 radical (unpaired) electrons. The molecule has 136 valence electrons. The fourth-order valence-corrected chi connectivity index (χ4v) is 3.30. The van der Waals surface area contributed by atoms with Crippen molar-refractivity contribution >= 4 is 11.6 Å². The zero-order chi connectivity index (χ0) is 18.4. The van der Waals surface area contributed by atoms with Crippen LogP contribution in [0.1, 0.15) is 18.2 Å². The van der Waals surface area contributed by atoms with Crippen LogP contribution in [0, 0.1) is 5.82 Å². The van der Waals surface area contributed by atoms with E-state index in [4.69, 9.17) is 14.0 Å². The molecule has 3 heterocycles. The number of halogens is 1. The molecule has 7 nitrogen and oxygen atoms in total. The number of ether oxygens (including phenoxy) is 2. The summed E-state index contributed by atoms with van der Waals surface area (Å²) in [6, 6.07) is 11.3. The van der Waals surface area contributed by atoms with E-state index >= 15 is 0 Å². The van der Waals surface area contributed by atoms with Crippen LogP contribution < -0.4 is 14.4 Å². The number of carbonyl (C=O) groups is 1. The predicted molar refractivity (Wildman–Crippen MR) is 92.0 cm³/mol. The SMILES string of the molecule is O=C1C[C@@H](c2nc(-c3ccc4c(c3)OCO4)no2)CN1c1ccc(F)cc1. The lowest BCUT2D eigenvalue weighted by atomic mass is 10.1. The number of nitrogens with zero attached hydrogens (tertiary/aromatic N) is 3. The topological polar surface area (TPSA) is 77.7 Å². The summed E-state index contributed by atoms with van der Waals surface area (Å²) in [5.41, 5.74) is 1.40. The summed E-state index contributed by atoms with van der Waals surface area (Å²) >= 11 is 0. The van der Waals surface area contributed by atoms with Crippen LogP contribution in [0.5, 0.6) is 11.5 Å². The van der Waals surface area contributed by atoms with Gasteiger partial charge in [-0.15, -0.1) is 0 Å². The number of aromatic nitrogens is 2. The molecule has 5 rings (SSSR count). The Morgan fingerprint density at radius 1 is 1.07 bits per heavy atom. The third-order valence-electron chi connectivity index (χ3n) is 4.69. The molecule has 0 bridgehead atoms. The molecule has 0 unspecified atom stereocenters. The van der Waals surface area contributed by atoms with Crippen LogP contribution in [0.2, 0.25) is 0 Å². The number of hydrogen-bond donors (Lipinski definition) is 0. The summed E-state index contributed by atoms with van der Waals surface area (Å²) in [5.74, 6) is 1.53. The minimum absolute atomic E-state index is 0.0607. The fourth-order valence-electron chi connectivity index (χ4n) is 3.30. The van der Waals surface area contributed by atoms with Crippen molar-refractivity contribution in [3.05, 3.63) is 54.2 Å². The lowest BCUT2D eigenvalue weighted by molar-refractivity contribution is -0.117. The zero-order valence-corrected chi connectivity index (χ0v) is 14.1. The van der Waals surface area contributed by atoms with E-state index < -0.39 is 0 Å². The highest BCUT2D eigenvalue weighted by molar-refractivity contribution is 5.96. The summed E-state index contributed by atoms with van der Waals surface area (Å²) in [4.78, 5) is 18.4. The molecule has 2 aromatic carbocycles. The van der Waals surface area contributed by atoms with Crippen molar-refractivity contribution in [2.45, 2.75) is 12.3 Å². The maximum atomic E-state index is 13.1. The molecule has 0 aliphatic carbocycles. The average molecular weight is 367 g/mol. The minimum atomic E-state index is -0.341. The van der Waals surface area contributed by atoms with Gasteiger partial charge in [-0.1, -0.05) is 5.16 Å². The third-order valence-corrected chi connectivity index (χ3v) is 4.69. The smallest absolute Gasteiger partial charge is 0.232 e. The van der Waals surface area contributed by atoms with Crippen LogP contribution in [0.15, 0.2) is 47.0 Å². The fraction of sp³-hybridized carbons (Fsp3) is 0.211. The van der Waals surface area contributed by atoms with E-state index in [1.54, 1.807) is 29.2 Å². The zero-order valence-electron chi connectivity index (χ0n) is 14.1. The van der Waals surface area contributed by atoms with Gasteiger partial charge in [0.15, 0.2) is 11.5 Å². The summed E-state index contributed by atoms with van der Waals surface area (Å²) < 4.78 is 29.2. The maximum Gasteiger partial charge on any atom is 0.232 e. The monoisotopic (exact) mass is 367 g/mol. The summed E-state index contributed by atoms with van der Waals surface area (Å²) in [6.07, 6.45) is 0.264. The number of hydrogen-bond acceptors (Lipinski definition) is 6. The van der Waals surface area contributed by atoms with Crippen LogP contribution >= 0.6 is 0 Å². The standard InChI is InChI=1S/C19H14FN3O4/c20-13-2-4-14(5-3-13)23-9-12(8-17(23)24)19-21-18(22-27-19)11-1-6-15-16(7-11)26-10-25-15/h1-7,12H,8-10H2/t12-/m1/s1. The molecule has 0 spiro atoms. The number of anilines is 1. The Morgan fingerprint density at radius 2 is 1.89 bits per heavy atom. The van der Waals surface area contributed by atoms with E-state index in [0.29, 0.717) is 35.4 Å². The lowest BCUT2D eigenvalue weighted by Crippen LogP contribution is -2.24. The van der Waals surface area contributed by atoms with Gasteiger partial charge in [0, 0.05) is 24.2 Å². The number of fused-ring (bicyclic) bond motifs is 1. The van der Waals surface area contributed by atoms with Gasteiger partial charge in [-0.2, -0.15) is 4.98 Å². The van der Waals surface area contributed by atoms with E-state index in [0.717, 1.165) is 5.56 Å². The minimum Gasteiger partial charge on any atom is -0.454 e. The molecule has 27 heavy (non-hydrogen) atoms. The molecule has 1 aromatic heterocycles. The molecule has 2 aliphatic rings. The first-order chi connectivity index (χ1) is 13.2. The second-order valence-electron chi connectivity index (χ2n) is 6.41. The van der Waals surface area contributed by atoms with Crippen LogP contribution in [0.4, 0.5) is 10.1 Å². The van der Waals surface area contributed by atoms with Gasteiger partial charge >= 0.3 is 0 Å². The van der Waals surface area contributed by atoms with Gasteiger partial charge in [0.25, 0.3) is 0 Å². The van der Waals surface area contributed by atoms with Crippen molar-refractivity contribution in [3.8, 4) is 22.9 Å². The van der Waals surface area contributed by atoms with E-state index in [-0.39, 0.29) is 30.9 Å². The van der Waals surface area contributed by atoms with Crippen molar-refractivity contribution in [2.75, 3.05) is 18.2 Å². The van der Waals surface area contributed by atoms with Gasteiger partial charge in [-0.3, -0.25) is 4.79 Å². The first-order valence-corrected chi connectivity index (χ1v) is 8.47. The Labute approximate surface area is 153 Å². The molecule has 2 aliphatic heterocycles. The quantitative estimate of drug-likeness (QED) is 0.708. The predicted octanol–water partition coefficient (Wildman–Crippen LogP) is 3.12. The largest absolute Gasteiger partial charge is 0.454 e. The molecular weight excluding hydrogens is 353 g/mol. The van der Waals surface area contributed by atoms with Crippen molar-refractivity contribution in [2.24, 2.45) is 0 Å². The second kappa shape index (κ2) is 6.08. The molecule has 8 heteroatoms. The number of rotatable bonds is 3. The van der Waals surface area contributed by atoms with Crippen molar-refractivity contribution in [1.82, 2.24) is 10.1 Å². The van der Waals surface area contributed by atoms with Gasteiger partial charge in [0.1, 0.15) is 5.82 Å². The van der Waals surface area contributed by atoms with E-state index in [1.807, 2.05) is 6.07 Å². The molecule has 1 saturated heterocycles. The molecule has 1 amide bonds. The number of amides is 1. The Morgan fingerprint density at radius 3 is 2.74 bits per heavy atom. The van der Waals surface area contributed by atoms with Crippen LogP contribution in [-0.2, 0) is 4.79 Å². The molecule has 0 N–H and O–H groups in total. The van der Waals surface area contributed by atoms with Gasteiger partial charge in [-0.05, 0) is 42.5 Å². The molecule has 1 atom stereocenters. The van der Waals surface area contributed by atoms with Gasteiger partial charge < -0.3 is 18.9 Å². The van der Waals surface area contributed by atoms with Gasteiger partial charge in [0.2, 0.25) is 24.4 Å². The lowest BCUT2D eigenvalue weighted by Gasteiger charge is -2.15. The van der Waals surface area contributed by atoms with Gasteiger partial charge in [-0.25, -0.2) is 4.39 Å². The van der Waals surface area contributed by atoms with Crippen LogP contribution in [0.3, 0.4) is 0 Å². The highest BCUT2D eigenvalue weighted by Gasteiger charge is 2.35. The Hall–Kier alpha value is -3.42. The Bertz CT molecular complexity index is 1020. The Kier molecular flexibility index (Phi) is 3.56. The summed E-state index contributed by atoms with van der Waals surface area (Å²) in [6.45, 7) is 0.604. The normalized spacial score (nSPS) is 18.3. The summed E-state index contributed by atoms with van der Waals surface area (Å²) in [5, 5.41) is 4.03. The maximum absolute atomic E-state index is 13.1. The van der Waals surface area contributed by atoms with E-state index in [1.165, 1.54) is 12.1 Å². The average Bonchev–Trinajstić information content (AvgIpc) is 3.41. The summed E-state index contributed by atoms with van der Waals surface area (Å²) in [7, 11) is 0. The van der Waals surface area contributed by atoms with E-state index in [9.17, 15) is 9.18 Å². The number of carbonyl (C=O) groups excluding carboxylic acids is 1. The molecule has 1 fully saturated rings. The third kappa shape index (κ3) is 2.79. The molecular formula is C19H14FN3O4. The van der Waals surface area contributed by atoms with Crippen molar-refractivity contribution in [1.29, 1.82) is 0 Å². The van der Waals surface area contributed by atoms with Gasteiger partial charge in [0.05, 0.1) is 5.92 Å². The highest BCUT2D eigenvalue weighted by atomic mass is 19.1. The first kappa shape index (κ1) is 15.8. The first-order valence-electron chi connectivity index (χ1n) is 8.47. The molecule has 0 saturated carbocycles. The highest BCUT2D eigenvalue weighted by Crippen LogP contribution is 2.36. The van der Waals surface area contributed by atoms with Crippen molar-refractivity contribution < 1.29 is 23.2 Å². The Balaban J connectivity index is 1.37. The molecule has 3 aromatic rings. The van der Waals surface area contributed by atoms with E-state index in [2.05, 4.69) is 10.1 Å². The second-order valence-corrected chi connectivity index (χ2v) is 6.41. The van der Waals surface area contributed by atoms with Crippen LogP contribution in [-0.4, -0.2) is 29.4 Å². The van der Waals surface area contributed by atoms with Crippen LogP contribution in [0.25, 0.3) is 11.4 Å².